The number of hydrogen-bond donors (Lipinski definition) is 0. The van der Waals surface area contributed by atoms with Crippen LogP contribution in [0.25, 0.3) is 0 Å². The van der Waals surface area contributed by atoms with Gasteiger partial charge >= 0.3 is 0 Å². The molecule has 1 unspecified atom stereocenters. The highest BCUT2D eigenvalue weighted by Gasteiger charge is 2.31. The number of amides is 1. The summed E-state index contributed by atoms with van der Waals surface area (Å²) in [5.74, 6) is 0.481. The molecule has 1 aromatic carbocycles. The van der Waals surface area contributed by atoms with Gasteiger partial charge in [-0.15, -0.1) is 0 Å². The average molecular weight is 376 g/mol. The van der Waals surface area contributed by atoms with Crippen LogP contribution in [0.1, 0.15) is 42.3 Å². The molecule has 1 aliphatic heterocycles. The van der Waals surface area contributed by atoms with Gasteiger partial charge in [0, 0.05) is 26.2 Å². The van der Waals surface area contributed by atoms with E-state index in [1.165, 1.54) is 10.6 Å². The van der Waals surface area contributed by atoms with Crippen molar-refractivity contribution in [2.75, 3.05) is 26.2 Å². The summed E-state index contributed by atoms with van der Waals surface area (Å²) in [4.78, 5) is 14.2. The zero-order valence-electron chi connectivity index (χ0n) is 15.1. The van der Waals surface area contributed by atoms with Crippen LogP contribution in [-0.4, -0.2) is 49.7 Å². The molecule has 1 atom stereocenters. The van der Waals surface area contributed by atoms with Crippen LogP contribution in [0.2, 0.25) is 0 Å². The number of piperazine rings is 1. The lowest BCUT2D eigenvalue weighted by Gasteiger charge is -2.33. The smallest absolute Gasteiger partial charge is 0.289 e. The predicted molar refractivity (Wildman–Crippen MR) is 98.5 cm³/mol. The summed E-state index contributed by atoms with van der Waals surface area (Å²) in [6.07, 6.45) is 2.47. The van der Waals surface area contributed by atoms with Gasteiger partial charge in [-0.1, -0.05) is 26.0 Å². The SMILES string of the molecule is CCC(C)c1ccc(S(=O)(=O)N2CCN(C(=O)c3ccco3)CC2)cc1. The van der Waals surface area contributed by atoms with Crippen molar-refractivity contribution >= 4 is 15.9 Å². The lowest BCUT2D eigenvalue weighted by molar-refractivity contribution is 0.0666. The summed E-state index contributed by atoms with van der Waals surface area (Å²) in [7, 11) is -3.54. The van der Waals surface area contributed by atoms with Gasteiger partial charge in [0.15, 0.2) is 5.76 Å². The highest BCUT2D eigenvalue weighted by molar-refractivity contribution is 7.89. The van der Waals surface area contributed by atoms with Crippen LogP contribution in [0.4, 0.5) is 0 Å². The van der Waals surface area contributed by atoms with Crippen LogP contribution in [-0.2, 0) is 10.0 Å². The van der Waals surface area contributed by atoms with Gasteiger partial charge in [-0.25, -0.2) is 8.42 Å². The van der Waals surface area contributed by atoms with Crippen LogP contribution >= 0.6 is 0 Å². The van der Waals surface area contributed by atoms with E-state index in [1.807, 2.05) is 12.1 Å². The van der Waals surface area contributed by atoms with Gasteiger partial charge in [0.05, 0.1) is 11.2 Å². The van der Waals surface area contributed by atoms with Crippen molar-refractivity contribution in [3.8, 4) is 0 Å². The van der Waals surface area contributed by atoms with E-state index in [0.29, 0.717) is 23.9 Å². The monoisotopic (exact) mass is 376 g/mol. The van der Waals surface area contributed by atoms with Gasteiger partial charge in [-0.3, -0.25) is 4.79 Å². The van der Waals surface area contributed by atoms with Gasteiger partial charge in [0.25, 0.3) is 5.91 Å². The number of hydrogen-bond acceptors (Lipinski definition) is 4. The van der Waals surface area contributed by atoms with Crippen molar-refractivity contribution in [2.24, 2.45) is 0 Å². The summed E-state index contributed by atoms with van der Waals surface area (Å²) in [5, 5.41) is 0. The van der Waals surface area contributed by atoms with E-state index < -0.39 is 10.0 Å². The molecule has 6 nitrogen and oxygen atoms in total. The molecule has 1 fully saturated rings. The van der Waals surface area contributed by atoms with E-state index in [1.54, 1.807) is 29.2 Å². The van der Waals surface area contributed by atoms with Crippen LogP contribution in [0.3, 0.4) is 0 Å². The molecule has 140 valence electrons. The lowest BCUT2D eigenvalue weighted by atomic mass is 9.99. The Labute approximate surface area is 154 Å². The standard InChI is InChI=1S/C19H24N2O4S/c1-3-15(2)16-6-8-17(9-7-16)26(23,24)21-12-10-20(11-13-21)19(22)18-5-4-14-25-18/h4-9,14-15H,3,10-13H2,1-2H3. The Morgan fingerprint density at radius 1 is 1.12 bits per heavy atom. The van der Waals surface area contributed by atoms with Crippen molar-refractivity contribution in [1.82, 2.24) is 9.21 Å². The molecule has 0 aliphatic carbocycles. The van der Waals surface area contributed by atoms with Crippen LogP contribution in [0, 0.1) is 0 Å². The number of carbonyl (C=O) groups excluding carboxylic acids is 1. The number of nitrogens with zero attached hydrogens (tertiary/aromatic N) is 2. The lowest BCUT2D eigenvalue weighted by Crippen LogP contribution is -2.50. The fourth-order valence-electron chi connectivity index (χ4n) is 3.04. The van der Waals surface area contributed by atoms with Crippen LogP contribution in [0.15, 0.2) is 52.0 Å². The van der Waals surface area contributed by atoms with Gasteiger partial charge in [0.1, 0.15) is 0 Å². The molecule has 1 saturated heterocycles. The Hall–Kier alpha value is -2.12. The Balaban J connectivity index is 1.67. The molecule has 0 bridgehead atoms. The van der Waals surface area contributed by atoms with E-state index in [9.17, 15) is 13.2 Å². The maximum Gasteiger partial charge on any atom is 0.289 e. The highest BCUT2D eigenvalue weighted by atomic mass is 32.2. The molecule has 7 heteroatoms. The van der Waals surface area contributed by atoms with Crippen molar-refractivity contribution in [3.63, 3.8) is 0 Å². The molecule has 2 heterocycles. The minimum Gasteiger partial charge on any atom is -0.459 e. The van der Waals surface area contributed by atoms with Crippen molar-refractivity contribution in [1.29, 1.82) is 0 Å². The number of sulfonamides is 1. The maximum atomic E-state index is 12.8. The Kier molecular flexibility index (Phi) is 5.48. The second-order valence-electron chi connectivity index (χ2n) is 6.55. The summed E-state index contributed by atoms with van der Waals surface area (Å²) >= 11 is 0. The Bertz CT molecular complexity index is 836. The third-order valence-corrected chi connectivity index (χ3v) is 6.87. The summed E-state index contributed by atoms with van der Waals surface area (Å²) in [6, 6.07) is 10.4. The Morgan fingerprint density at radius 2 is 1.77 bits per heavy atom. The first-order valence-electron chi connectivity index (χ1n) is 8.86. The molecule has 0 saturated carbocycles. The first kappa shape index (κ1) is 18.7. The highest BCUT2D eigenvalue weighted by Crippen LogP contribution is 2.23. The second-order valence-corrected chi connectivity index (χ2v) is 8.49. The number of rotatable bonds is 5. The van der Waals surface area contributed by atoms with Gasteiger partial charge in [0.2, 0.25) is 10.0 Å². The van der Waals surface area contributed by atoms with Crippen LogP contribution < -0.4 is 0 Å². The first-order valence-corrected chi connectivity index (χ1v) is 10.3. The maximum absolute atomic E-state index is 12.8. The molecule has 1 amide bonds. The predicted octanol–water partition coefficient (Wildman–Crippen LogP) is 2.94. The second kappa shape index (κ2) is 7.63. The molecular formula is C19H24N2O4S. The number of furan rings is 1. The topological polar surface area (TPSA) is 70.8 Å². The van der Waals surface area contributed by atoms with Crippen molar-refractivity contribution in [3.05, 3.63) is 54.0 Å². The van der Waals surface area contributed by atoms with Gasteiger partial charge in [-0.05, 0) is 42.2 Å². The zero-order chi connectivity index (χ0) is 18.7. The fraction of sp³-hybridized carbons (Fsp3) is 0.421. The van der Waals surface area contributed by atoms with Crippen LogP contribution in [0.5, 0.6) is 0 Å². The normalized spacial score (nSPS) is 17.2. The van der Waals surface area contributed by atoms with Gasteiger partial charge < -0.3 is 9.32 Å². The average Bonchev–Trinajstić information content (AvgIpc) is 3.21. The van der Waals surface area contributed by atoms with E-state index in [4.69, 9.17) is 4.42 Å². The molecule has 0 spiro atoms. The largest absolute Gasteiger partial charge is 0.459 e. The minimum absolute atomic E-state index is 0.204. The fourth-order valence-corrected chi connectivity index (χ4v) is 4.46. The minimum atomic E-state index is -3.54. The zero-order valence-corrected chi connectivity index (χ0v) is 15.9. The van der Waals surface area contributed by atoms with E-state index >= 15 is 0 Å². The summed E-state index contributed by atoms with van der Waals surface area (Å²) in [6.45, 7) is 5.49. The number of benzene rings is 1. The van der Waals surface area contributed by atoms with Gasteiger partial charge in [-0.2, -0.15) is 4.31 Å². The molecule has 0 radical (unpaired) electrons. The molecule has 3 rings (SSSR count). The quantitative estimate of drug-likeness (QED) is 0.804. The summed E-state index contributed by atoms with van der Waals surface area (Å²) < 4.78 is 32.3. The number of carbonyl (C=O) groups is 1. The van der Waals surface area contributed by atoms with Crippen molar-refractivity contribution in [2.45, 2.75) is 31.1 Å². The van der Waals surface area contributed by atoms with E-state index in [-0.39, 0.29) is 24.8 Å². The third-order valence-electron chi connectivity index (χ3n) is 4.96. The van der Waals surface area contributed by atoms with Crippen molar-refractivity contribution < 1.29 is 17.6 Å². The molecule has 26 heavy (non-hydrogen) atoms. The third kappa shape index (κ3) is 3.68. The Morgan fingerprint density at radius 3 is 2.31 bits per heavy atom. The van der Waals surface area contributed by atoms with E-state index in [0.717, 1.165) is 12.0 Å². The molecule has 0 N–H and O–H groups in total. The first-order chi connectivity index (χ1) is 12.4. The molecular weight excluding hydrogens is 352 g/mol. The van der Waals surface area contributed by atoms with E-state index in [2.05, 4.69) is 13.8 Å². The molecule has 2 aromatic rings. The summed E-state index contributed by atoms with van der Waals surface area (Å²) in [5.41, 5.74) is 1.14. The molecule has 1 aliphatic rings. The molecule has 1 aromatic heterocycles.